The monoisotopic (exact) mass is 452 g/mol. The van der Waals surface area contributed by atoms with Crippen LogP contribution in [0.5, 0.6) is 0 Å². The van der Waals surface area contributed by atoms with Crippen molar-refractivity contribution < 1.29 is 9.32 Å². The Kier molecular flexibility index (Phi) is 5.87. The van der Waals surface area contributed by atoms with Gasteiger partial charge in [0.15, 0.2) is 0 Å². The van der Waals surface area contributed by atoms with Gasteiger partial charge >= 0.3 is 196 Å². The van der Waals surface area contributed by atoms with Gasteiger partial charge in [-0.05, 0) is 0 Å². The van der Waals surface area contributed by atoms with E-state index in [0.717, 1.165) is 41.6 Å². The second kappa shape index (κ2) is 8.96. The van der Waals surface area contributed by atoms with Crippen molar-refractivity contribution in [2.45, 2.75) is 31.3 Å². The first-order valence-electron chi connectivity index (χ1n) is 11.7. The van der Waals surface area contributed by atoms with Crippen LogP contribution < -0.4 is 15.9 Å². The SMILES string of the molecule is O=C(OP(c1ccccc1)(c1ccccc1)(c1ccccc1)C1CCCC1)c1ccccc1. The molecule has 0 unspecified atom stereocenters. The maximum atomic E-state index is 14.0. The Bertz CT molecular complexity index is 1100. The van der Waals surface area contributed by atoms with Crippen molar-refractivity contribution in [2.75, 3.05) is 0 Å². The molecule has 1 fully saturated rings. The zero-order chi connectivity index (χ0) is 22.6. The molecule has 0 heterocycles. The second-order valence-corrected chi connectivity index (χ2v) is 13.5. The van der Waals surface area contributed by atoms with Gasteiger partial charge < -0.3 is 0 Å². The van der Waals surface area contributed by atoms with Crippen LogP contribution in [0.25, 0.3) is 0 Å². The number of hydrogen-bond donors (Lipinski definition) is 0. The molecule has 0 amide bonds. The van der Waals surface area contributed by atoms with Gasteiger partial charge in [-0.2, -0.15) is 0 Å². The maximum absolute atomic E-state index is 14.0. The molecule has 0 bridgehead atoms. The number of carbonyl (C=O) groups is 1. The molecule has 0 radical (unpaired) electrons. The molecule has 0 aliphatic heterocycles. The van der Waals surface area contributed by atoms with Gasteiger partial charge in [-0.1, -0.05) is 0 Å². The van der Waals surface area contributed by atoms with E-state index in [1.165, 1.54) is 0 Å². The van der Waals surface area contributed by atoms with Gasteiger partial charge in [0.2, 0.25) is 0 Å². The van der Waals surface area contributed by atoms with Gasteiger partial charge in [-0.3, -0.25) is 0 Å². The predicted octanol–water partition coefficient (Wildman–Crippen LogP) is 6.23. The van der Waals surface area contributed by atoms with E-state index >= 15 is 0 Å². The quantitative estimate of drug-likeness (QED) is 0.324. The standard InChI is InChI=1S/C30H29O2P/c31-30(25-15-5-1-6-16-25)32-33(29-23-13-14-24-29,26-17-7-2-8-18-26,27-19-9-3-10-20-27)28-21-11-4-12-22-28/h1-12,15-22,29H,13-14,23-24H2. The molecule has 0 atom stereocenters. The predicted molar refractivity (Wildman–Crippen MR) is 139 cm³/mol. The summed E-state index contributed by atoms with van der Waals surface area (Å²) in [6, 6.07) is 41.1. The summed E-state index contributed by atoms with van der Waals surface area (Å²) >= 11 is 0. The minimum absolute atomic E-state index is 0.232. The first-order valence-corrected chi connectivity index (χ1v) is 14.0. The first kappa shape index (κ1) is 21.6. The van der Waals surface area contributed by atoms with Crippen LogP contribution in [0.3, 0.4) is 0 Å². The number of benzene rings is 4. The minimum atomic E-state index is -3.67. The third kappa shape index (κ3) is 3.41. The average molecular weight is 453 g/mol. The van der Waals surface area contributed by atoms with E-state index < -0.39 is 6.83 Å². The Morgan fingerprint density at radius 2 is 0.939 bits per heavy atom. The van der Waals surface area contributed by atoms with Crippen LogP contribution in [-0.2, 0) is 4.52 Å². The topological polar surface area (TPSA) is 26.3 Å². The van der Waals surface area contributed by atoms with Gasteiger partial charge in [-0.15, -0.1) is 0 Å². The summed E-state index contributed by atoms with van der Waals surface area (Å²) in [5.74, 6) is -0.253. The Morgan fingerprint density at radius 1 is 0.576 bits per heavy atom. The van der Waals surface area contributed by atoms with Crippen LogP contribution in [0.15, 0.2) is 121 Å². The molecule has 0 spiro atoms. The van der Waals surface area contributed by atoms with Crippen LogP contribution in [0.2, 0.25) is 0 Å². The zero-order valence-electron chi connectivity index (χ0n) is 18.7. The molecule has 2 nitrogen and oxygen atoms in total. The number of hydrogen-bond acceptors (Lipinski definition) is 2. The molecule has 4 aromatic rings. The fraction of sp³-hybridized carbons (Fsp3) is 0.167. The molecule has 3 heteroatoms. The van der Waals surface area contributed by atoms with E-state index in [2.05, 4.69) is 72.8 Å². The van der Waals surface area contributed by atoms with E-state index in [0.29, 0.717) is 5.56 Å². The van der Waals surface area contributed by atoms with Crippen molar-refractivity contribution in [3.63, 3.8) is 0 Å². The molecule has 0 saturated heterocycles. The van der Waals surface area contributed by atoms with Crippen LogP contribution in [0, 0.1) is 0 Å². The Morgan fingerprint density at radius 3 is 1.33 bits per heavy atom. The van der Waals surface area contributed by atoms with Crippen molar-refractivity contribution >= 4 is 28.7 Å². The summed E-state index contributed by atoms with van der Waals surface area (Å²) in [6.07, 6.45) is 4.38. The van der Waals surface area contributed by atoms with E-state index in [4.69, 9.17) is 4.52 Å². The summed E-state index contributed by atoms with van der Waals surface area (Å²) in [5.41, 5.74) is 0.822. The first-order chi connectivity index (χ1) is 16.3. The van der Waals surface area contributed by atoms with E-state index in [9.17, 15) is 4.79 Å². The third-order valence-corrected chi connectivity index (χ3v) is 13.5. The van der Waals surface area contributed by atoms with Gasteiger partial charge in [-0.25, -0.2) is 0 Å². The Balaban J connectivity index is 1.91. The molecular formula is C30H29O2P. The van der Waals surface area contributed by atoms with Crippen LogP contribution in [0.4, 0.5) is 0 Å². The van der Waals surface area contributed by atoms with E-state index in [1.807, 2.05) is 48.5 Å². The summed E-state index contributed by atoms with van der Waals surface area (Å²) in [5, 5.41) is 3.37. The molecule has 0 aromatic heterocycles. The molecule has 1 aliphatic rings. The van der Waals surface area contributed by atoms with Gasteiger partial charge in [0.1, 0.15) is 0 Å². The third-order valence-electron chi connectivity index (χ3n) is 7.11. The number of rotatable bonds is 6. The molecule has 1 saturated carbocycles. The fourth-order valence-corrected chi connectivity index (χ4v) is 12.4. The molecular weight excluding hydrogens is 423 g/mol. The summed E-state index contributed by atoms with van der Waals surface area (Å²) < 4.78 is 7.15. The van der Waals surface area contributed by atoms with Gasteiger partial charge in [0, 0.05) is 0 Å². The van der Waals surface area contributed by atoms with E-state index in [-0.39, 0.29) is 11.6 Å². The fourth-order valence-electron chi connectivity index (χ4n) is 5.68. The second-order valence-electron chi connectivity index (χ2n) is 8.79. The normalized spacial score (nSPS) is 15.5. The molecule has 5 rings (SSSR count). The number of carbonyl (C=O) groups excluding carboxylic acids is 1. The molecule has 33 heavy (non-hydrogen) atoms. The summed E-state index contributed by atoms with van der Waals surface area (Å²) in [6.45, 7) is -3.67. The van der Waals surface area contributed by atoms with Crippen LogP contribution in [-0.4, -0.2) is 11.6 Å². The summed E-state index contributed by atoms with van der Waals surface area (Å²) in [7, 11) is 0. The van der Waals surface area contributed by atoms with Gasteiger partial charge in [0.25, 0.3) is 0 Å². The molecule has 4 aromatic carbocycles. The van der Waals surface area contributed by atoms with Crippen LogP contribution >= 0.6 is 6.83 Å². The van der Waals surface area contributed by atoms with Crippen molar-refractivity contribution in [1.29, 1.82) is 0 Å². The molecule has 166 valence electrons. The van der Waals surface area contributed by atoms with Crippen molar-refractivity contribution in [1.82, 2.24) is 0 Å². The van der Waals surface area contributed by atoms with Crippen molar-refractivity contribution in [3.8, 4) is 0 Å². The molecule has 1 aliphatic carbocycles. The van der Waals surface area contributed by atoms with Crippen LogP contribution in [0.1, 0.15) is 36.0 Å². The summed E-state index contributed by atoms with van der Waals surface area (Å²) in [4.78, 5) is 14.0. The Hall–Kier alpha value is -3.22. The Labute approximate surface area is 196 Å². The average Bonchev–Trinajstić information content (AvgIpc) is 3.45. The zero-order valence-corrected chi connectivity index (χ0v) is 19.6. The van der Waals surface area contributed by atoms with E-state index in [1.54, 1.807) is 0 Å². The van der Waals surface area contributed by atoms with Crippen molar-refractivity contribution in [3.05, 3.63) is 127 Å². The molecule has 0 N–H and O–H groups in total. The van der Waals surface area contributed by atoms with Gasteiger partial charge in [0.05, 0.1) is 0 Å². The van der Waals surface area contributed by atoms with Crippen molar-refractivity contribution in [2.24, 2.45) is 0 Å².